The first-order valence-corrected chi connectivity index (χ1v) is 6.69. The van der Waals surface area contributed by atoms with E-state index in [4.69, 9.17) is 0 Å². The average molecular weight is 339 g/mol. The highest BCUT2D eigenvalue weighted by atomic mass is 79.9. The number of hydrogen-bond acceptors (Lipinski definition) is 3. The molecule has 0 aliphatic carbocycles. The molecule has 2 aromatic rings. The third kappa shape index (κ3) is 3.33. The van der Waals surface area contributed by atoms with E-state index < -0.39 is 4.92 Å². The standard InChI is InChI=1S/C14H12BrFN2O2/c1-9-6-12(18(19)20)3-5-14(9)17-8-10-7-11(15)2-4-13(10)16/h2-7,17H,8H2,1H3. The molecule has 0 aromatic heterocycles. The molecule has 0 radical (unpaired) electrons. The molecule has 6 heteroatoms. The molecule has 0 aliphatic heterocycles. The lowest BCUT2D eigenvalue weighted by molar-refractivity contribution is -0.384. The van der Waals surface area contributed by atoms with Gasteiger partial charge in [0.2, 0.25) is 0 Å². The molecule has 0 fully saturated rings. The predicted molar refractivity (Wildman–Crippen MR) is 79.3 cm³/mol. The Morgan fingerprint density at radius 2 is 2.05 bits per heavy atom. The zero-order valence-corrected chi connectivity index (χ0v) is 12.3. The fraction of sp³-hybridized carbons (Fsp3) is 0.143. The molecule has 0 saturated carbocycles. The molecular formula is C14H12BrFN2O2. The molecule has 0 spiro atoms. The van der Waals surface area contributed by atoms with Crippen molar-refractivity contribution < 1.29 is 9.31 Å². The minimum Gasteiger partial charge on any atom is -0.381 e. The second-order valence-electron chi connectivity index (χ2n) is 4.35. The van der Waals surface area contributed by atoms with Crippen LogP contribution < -0.4 is 5.32 Å². The number of nitrogens with one attached hydrogen (secondary N) is 1. The van der Waals surface area contributed by atoms with Gasteiger partial charge in [0, 0.05) is 34.4 Å². The van der Waals surface area contributed by atoms with E-state index in [2.05, 4.69) is 21.2 Å². The summed E-state index contributed by atoms with van der Waals surface area (Å²) in [7, 11) is 0. The molecule has 0 saturated heterocycles. The van der Waals surface area contributed by atoms with Crippen molar-refractivity contribution in [1.29, 1.82) is 0 Å². The molecule has 104 valence electrons. The van der Waals surface area contributed by atoms with Gasteiger partial charge in [-0.25, -0.2) is 4.39 Å². The third-order valence-electron chi connectivity index (χ3n) is 2.90. The van der Waals surface area contributed by atoms with Crippen LogP contribution in [-0.2, 0) is 6.54 Å². The zero-order valence-electron chi connectivity index (χ0n) is 10.7. The number of non-ortho nitro benzene ring substituents is 1. The Morgan fingerprint density at radius 1 is 1.30 bits per heavy atom. The largest absolute Gasteiger partial charge is 0.381 e. The highest BCUT2D eigenvalue weighted by molar-refractivity contribution is 9.10. The van der Waals surface area contributed by atoms with E-state index in [1.807, 2.05) is 0 Å². The van der Waals surface area contributed by atoms with Crippen molar-refractivity contribution in [3.63, 3.8) is 0 Å². The Balaban J connectivity index is 2.15. The van der Waals surface area contributed by atoms with Crippen LogP contribution in [0.15, 0.2) is 40.9 Å². The fourth-order valence-electron chi connectivity index (χ4n) is 1.83. The van der Waals surface area contributed by atoms with Crippen molar-refractivity contribution in [1.82, 2.24) is 0 Å². The fourth-order valence-corrected chi connectivity index (χ4v) is 2.24. The van der Waals surface area contributed by atoms with Crippen LogP contribution in [0.2, 0.25) is 0 Å². The smallest absolute Gasteiger partial charge is 0.269 e. The zero-order chi connectivity index (χ0) is 14.7. The molecule has 1 N–H and O–H groups in total. The molecule has 0 amide bonds. The third-order valence-corrected chi connectivity index (χ3v) is 3.39. The van der Waals surface area contributed by atoms with Gasteiger partial charge in [-0.05, 0) is 36.8 Å². The summed E-state index contributed by atoms with van der Waals surface area (Å²) in [6.45, 7) is 2.08. The van der Waals surface area contributed by atoms with Gasteiger partial charge in [0.25, 0.3) is 5.69 Å². The maximum absolute atomic E-state index is 13.6. The van der Waals surface area contributed by atoms with E-state index in [-0.39, 0.29) is 11.5 Å². The summed E-state index contributed by atoms with van der Waals surface area (Å²) in [6.07, 6.45) is 0. The lowest BCUT2D eigenvalue weighted by atomic mass is 10.1. The van der Waals surface area contributed by atoms with Crippen molar-refractivity contribution in [3.8, 4) is 0 Å². The normalized spacial score (nSPS) is 10.3. The molecule has 0 bridgehead atoms. The van der Waals surface area contributed by atoms with Gasteiger partial charge >= 0.3 is 0 Å². The summed E-state index contributed by atoms with van der Waals surface area (Å²) >= 11 is 3.29. The van der Waals surface area contributed by atoms with Crippen LogP contribution in [0.4, 0.5) is 15.8 Å². The molecule has 0 heterocycles. The highest BCUT2D eigenvalue weighted by Gasteiger charge is 2.08. The molecule has 2 aromatic carbocycles. The summed E-state index contributed by atoms with van der Waals surface area (Å²) in [6, 6.07) is 9.26. The Bertz CT molecular complexity index is 662. The van der Waals surface area contributed by atoms with Crippen LogP contribution in [0.1, 0.15) is 11.1 Å². The number of aryl methyl sites for hydroxylation is 1. The van der Waals surface area contributed by atoms with Gasteiger partial charge in [-0.1, -0.05) is 15.9 Å². The summed E-state index contributed by atoms with van der Waals surface area (Å²) in [4.78, 5) is 10.2. The topological polar surface area (TPSA) is 55.2 Å². The molecule has 0 aliphatic rings. The van der Waals surface area contributed by atoms with E-state index in [0.29, 0.717) is 12.1 Å². The first-order chi connectivity index (χ1) is 9.47. The summed E-state index contributed by atoms with van der Waals surface area (Å²) < 4.78 is 14.4. The van der Waals surface area contributed by atoms with Crippen LogP contribution in [0, 0.1) is 22.9 Å². The number of nitro benzene ring substituents is 1. The summed E-state index contributed by atoms with van der Waals surface area (Å²) in [5.41, 5.74) is 2.06. The van der Waals surface area contributed by atoms with Crippen molar-refractivity contribution in [3.05, 3.63) is 67.9 Å². The van der Waals surface area contributed by atoms with Gasteiger partial charge in [0.15, 0.2) is 0 Å². The van der Waals surface area contributed by atoms with Crippen LogP contribution >= 0.6 is 15.9 Å². The van der Waals surface area contributed by atoms with Gasteiger partial charge in [0.05, 0.1) is 4.92 Å². The highest BCUT2D eigenvalue weighted by Crippen LogP contribution is 2.23. The molecule has 2 rings (SSSR count). The quantitative estimate of drug-likeness (QED) is 0.663. The number of rotatable bonds is 4. The summed E-state index contributed by atoms with van der Waals surface area (Å²) in [5.74, 6) is -0.291. The van der Waals surface area contributed by atoms with Crippen LogP contribution in [0.5, 0.6) is 0 Å². The van der Waals surface area contributed by atoms with Gasteiger partial charge < -0.3 is 5.32 Å². The SMILES string of the molecule is Cc1cc([N+](=O)[O-])ccc1NCc1cc(Br)ccc1F. The second kappa shape index (κ2) is 6.00. The van der Waals surface area contributed by atoms with E-state index >= 15 is 0 Å². The van der Waals surface area contributed by atoms with Crippen molar-refractivity contribution in [2.45, 2.75) is 13.5 Å². The van der Waals surface area contributed by atoms with Gasteiger partial charge in [-0.2, -0.15) is 0 Å². The number of anilines is 1. The minimum atomic E-state index is -0.440. The minimum absolute atomic E-state index is 0.0432. The Labute approximate surface area is 123 Å². The predicted octanol–water partition coefficient (Wildman–Crippen LogP) is 4.42. The lowest BCUT2D eigenvalue weighted by Gasteiger charge is -2.10. The van der Waals surface area contributed by atoms with Crippen LogP contribution in [0.3, 0.4) is 0 Å². The first kappa shape index (κ1) is 14.5. The molecule has 20 heavy (non-hydrogen) atoms. The van der Waals surface area contributed by atoms with Crippen molar-refractivity contribution >= 4 is 27.3 Å². The number of hydrogen-bond donors (Lipinski definition) is 1. The monoisotopic (exact) mass is 338 g/mol. The van der Waals surface area contributed by atoms with E-state index in [0.717, 1.165) is 15.7 Å². The average Bonchev–Trinajstić information content (AvgIpc) is 2.40. The molecule has 0 atom stereocenters. The first-order valence-electron chi connectivity index (χ1n) is 5.90. The maximum atomic E-state index is 13.6. The van der Waals surface area contributed by atoms with E-state index in [1.54, 1.807) is 25.1 Å². The van der Waals surface area contributed by atoms with Crippen LogP contribution in [-0.4, -0.2) is 4.92 Å². The molecule has 4 nitrogen and oxygen atoms in total. The van der Waals surface area contributed by atoms with Gasteiger partial charge in [-0.15, -0.1) is 0 Å². The van der Waals surface area contributed by atoms with Crippen LogP contribution in [0.25, 0.3) is 0 Å². The van der Waals surface area contributed by atoms with Gasteiger partial charge in [0.1, 0.15) is 5.82 Å². The number of halogens is 2. The number of nitrogens with zero attached hydrogens (tertiary/aromatic N) is 1. The van der Waals surface area contributed by atoms with E-state index in [9.17, 15) is 14.5 Å². The molecule has 0 unspecified atom stereocenters. The van der Waals surface area contributed by atoms with Crippen molar-refractivity contribution in [2.75, 3.05) is 5.32 Å². The van der Waals surface area contributed by atoms with Crippen molar-refractivity contribution in [2.24, 2.45) is 0 Å². The van der Waals surface area contributed by atoms with Gasteiger partial charge in [-0.3, -0.25) is 10.1 Å². The van der Waals surface area contributed by atoms with E-state index in [1.165, 1.54) is 18.2 Å². The maximum Gasteiger partial charge on any atom is 0.269 e. The summed E-state index contributed by atoms with van der Waals surface area (Å²) in [5, 5.41) is 13.7. The Morgan fingerprint density at radius 3 is 2.70 bits per heavy atom. The lowest BCUT2D eigenvalue weighted by Crippen LogP contribution is -2.03. The number of benzene rings is 2. The number of nitro groups is 1. The molecular weight excluding hydrogens is 327 g/mol. The Hall–Kier alpha value is -1.95. The Kier molecular flexibility index (Phi) is 4.34. The second-order valence-corrected chi connectivity index (χ2v) is 5.26.